The summed E-state index contributed by atoms with van der Waals surface area (Å²) in [5.74, 6) is -1.32. The Balaban J connectivity index is 2.29. The smallest absolute Gasteiger partial charge is 0.416 e. The molecule has 0 aliphatic heterocycles. The number of ether oxygens (including phenoxy) is 2. The Labute approximate surface area is 180 Å². The highest BCUT2D eigenvalue weighted by atomic mass is 32.2. The number of fused-ring (bicyclic) bond motifs is 1. The van der Waals surface area contributed by atoms with Gasteiger partial charge in [0.15, 0.2) is 11.5 Å². The molecule has 1 atom stereocenters. The van der Waals surface area contributed by atoms with Gasteiger partial charge in [0.05, 0.1) is 36.6 Å². The lowest BCUT2D eigenvalue weighted by atomic mass is 10.1. The molecule has 32 heavy (non-hydrogen) atoms. The van der Waals surface area contributed by atoms with Crippen molar-refractivity contribution in [3.63, 3.8) is 0 Å². The summed E-state index contributed by atoms with van der Waals surface area (Å²) in [6.07, 6.45) is -3.90. The van der Waals surface area contributed by atoms with E-state index in [4.69, 9.17) is 9.47 Å². The number of alkyl halides is 3. The van der Waals surface area contributed by atoms with Crippen molar-refractivity contribution in [2.45, 2.75) is 19.1 Å². The number of nitrogens with one attached hydrogen (secondary N) is 1. The zero-order valence-corrected chi connectivity index (χ0v) is 18.1. The molecule has 2 aromatic carbocycles. The van der Waals surface area contributed by atoms with Gasteiger partial charge < -0.3 is 14.5 Å². The van der Waals surface area contributed by atoms with E-state index >= 15 is 0 Å². The normalized spacial score (nSPS) is 13.3. The number of rotatable bonds is 7. The van der Waals surface area contributed by atoms with Crippen LogP contribution in [0, 0.1) is 5.82 Å². The van der Waals surface area contributed by atoms with Gasteiger partial charge in [0, 0.05) is 6.26 Å². The maximum Gasteiger partial charge on any atom is 0.416 e. The van der Waals surface area contributed by atoms with Crippen molar-refractivity contribution < 1.29 is 35.5 Å². The number of H-pyrrole nitrogens is 1. The summed E-state index contributed by atoms with van der Waals surface area (Å²) in [4.78, 5) is 14.9. The molecule has 0 fully saturated rings. The highest BCUT2D eigenvalue weighted by Crippen LogP contribution is 2.35. The lowest BCUT2D eigenvalue weighted by Gasteiger charge is -2.20. The van der Waals surface area contributed by atoms with E-state index in [0.717, 1.165) is 10.8 Å². The van der Waals surface area contributed by atoms with Crippen LogP contribution in [0.25, 0.3) is 11.0 Å². The molecule has 3 aromatic rings. The predicted octanol–water partition coefficient (Wildman–Crippen LogP) is 3.53. The number of hydrogen-bond donors (Lipinski definition) is 1. The Morgan fingerprint density at radius 3 is 2.41 bits per heavy atom. The van der Waals surface area contributed by atoms with Crippen LogP contribution >= 0.6 is 0 Å². The third-order valence-corrected chi connectivity index (χ3v) is 5.66. The minimum atomic E-state index is -4.83. The van der Waals surface area contributed by atoms with Crippen molar-refractivity contribution in [3.05, 3.63) is 57.8 Å². The molecule has 12 heteroatoms. The van der Waals surface area contributed by atoms with Crippen LogP contribution in [0.1, 0.15) is 24.1 Å². The van der Waals surface area contributed by atoms with Gasteiger partial charge >= 0.3 is 11.9 Å². The molecule has 3 rings (SSSR count). The fraction of sp³-hybridized carbons (Fsp3) is 0.350. The summed E-state index contributed by atoms with van der Waals surface area (Å²) in [7, 11) is -2.31. The molecular formula is C20H20F4N2O5S. The van der Waals surface area contributed by atoms with Crippen LogP contribution in [0.15, 0.2) is 35.1 Å². The maximum atomic E-state index is 14.8. The fourth-order valence-corrected chi connectivity index (χ4v) is 4.37. The Morgan fingerprint density at radius 1 is 1.16 bits per heavy atom. The first kappa shape index (κ1) is 23.6. The molecular weight excluding hydrogens is 456 g/mol. The monoisotopic (exact) mass is 476 g/mol. The van der Waals surface area contributed by atoms with E-state index in [-0.39, 0.29) is 24.0 Å². The fourth-order valence-electron chi connectivity index (χ4n) is 3.45. The summed E-state index contributed by atoms with van der Waals surface area (Å²) in [5, 5.41) is 0. The molecule has 7 nitrogen and oxygen atoms in total. The van der Waals surface area contributed by atoms with E-state index in [1.807, 2.05) is 0 Å². The number of nitrogens with zero attached hydrogens (tertiary/aromatic N) is 1. The molecule has 1 heterocycles. The summed E-state index contributed by atoms with van der Waals surface area (Å²) < 4.78 is 89.8. The van der Waals surface area contributed by atoms with Gasteiger partial charge in [-0.2, -0.15) is 13.2 Å². The Hall–Kier alpha value is -3.02. The van der Waals surface area contributed by atoms with Gasteiger partial charge in [0.2, 0.25) is 0 Å². The summed E-state index contributed by atoms with van der Waals surface area (Å²) >= 11 is 0. The molecule has 1 aromatic heterocycles. The molecule has 0 bridgehead atoms. The van der Waals surface area contributed by atoms with Crippen molar-refractivity contribution >= 4 is 20.9 Å². The number of halogens is 4. The number of aromatic nitrogens is 2. The van der Waals surface area contributed by atoms with E-state index in [9.17, 15) is 30.8 Å². The molecule has 0 aliphatic carbocycles. The van der Waals surface area contributed by atoms with Crippen LogP contribution in [0.3, 0.4) is 0 Å². The molecule has 1 N–H and O–H groups in total. The molecule has 0 aliphatic rings. The van der Waals surface area contributed by atoms with E-state index in [2.05, 4.69) is 4.98 Å². The van der Waals surface area contributed by atoms with Crippen LogP contribution in [0.4, 0.5) is 17.6 Å². The van der Waals surface area contributed by atoms with Crippen molar-refractivity contribution in [3.8, 4) is 11.5 Å². The minimum Gasteiger partial charge on any atom is -0.493 e. The molecule has 174 valence electrons. The molecule has 0 amide bonds. The first-order chi connectivity index (χ1) is 14.9. The zero-order valence-electron chi connectivity index (χ0n) is 17.3. The van der Waals surface area contributed by atoms with Gasteiger partial charge in [0.25, 0.3) is 0 Å². The Bertz CT molecular complexity index is 1310. The molecule has 0 unspecified atom stereocenters. The van der Waals surface area contributed by atoms with Gasteiger partial charge in [-0.15, -0.1) is 0 Å². The minimum absolute atomic E-state index is 0.262. The number of benzene rings is 2. The zero-order chi connectivity index (χ0) is 23.8. The summed E-state index contributed by atoms with van der Waals surface area (Å²) in [5.41, 5.74) is -2.84. The van der Waals surface area contributed by atoms with Crippen molar-refractivity contribution in [1.29, 1.82) is 0 Å². The molecule has 0 spiro atoms. The van der Waals surface area contributed by atoms with Crippen molar-refractivity contribution in [2.24, 2.45) is 0 Å². The third-order valence-electron chi connectivity index (χ3n) is 4.74. The number of hydrogen-bond acceptors (Lipinski definition) is 5. The SMILES string of the molecule is CCOc1cc([C@@H](CS(C)(=O)=O)n2c(=O)[nH]c3cc(C(F)(F)F)cc(F)c32)ccc1OC. The van der Waals surface area contributed by atoms with E-state index in [1.165, 1.54) is 25.3 Å². The van der Waals surface area contributed by atoms with E-state index in [0.29, 0.717) is 11.8 Å². The van der Waals surface area contributed by atoms with Gasteiger partial charge in [-0.25, -0.2) is 17.6 Å². The number of imidazole rings is 1. The number of sulfone groups is 1. The lowest BCUT2D eigenvalue weighted by molar-refractivity contribution is -0.137. The number of aromatic amines is 1. The second kappa shape index (κ2) is 8.49. The average Bonchev–Trinajstić information content (AvgIpc) is 3.01. The van der Waals surface area contributed by atoms with Crippen LogP contribution in [0.2, 0.25) is 0 Å². The second-order valence-electron chi connectivity index (χ2n) is 7.10. The topological polar surface area (TPSA) is 90.4 Å². The molecule has 0 radical (unpaired) electrons. The maximum absolute atomic E-state index is 14.8. The van der Waals surface area contributed by atoms with E-state index in [1.54, 1.807) is 6.92 Å². The van der Waals surface area contributed by atoms with Crippen LogP contribution < -0.4 is 15.2 Å². The Morgan fingerprint density at radius 2 is 1.84 bits per heavy atom. The van der Waals surface area contributed by atoms with Crippen LogP contribution in [-0.4, -0.2) is 43.7 Å². The second-order valence-corrected chi connectivity index (χ2v) is 9.29. The van der Waals surface area contributed by atoms with Crippen LogP contribution in [-0.2, 0) is 16.0 Å². The summed E-state index contributed by atoms with van der Waals surface area (Å²) in [6, 6.07) is 4.04. The van der Waals surface area contributed by atoms with Gasteiger partial charge in [-0.1, -0.05) is 6.07 Å². The van der Waals surface area contributed by atoms with Gasteiger partial charge in [0.1, 0.15) is 21.2 Å². The van der Waals surface area contributed by atoms with Crippen molar-refractivity contribution in [1.82, 2.24) is 9.55 Å². The first-order valence-corrected chi connectivity index (χ1v) is 11.4. The van der Waals surface area contributed by atoms with Gasteiger partial charge in [-0.05, 0) is 36.8 Å². The number of methoxy groups -OCH3 is 1. The standard InChI is InChI=1S/C20H20F4N2O5S/c1-4-31-17-7-11(5-6-16(17)30-2)15(10-32(3,28)29)26-18-13(21)8-12(20(22,23)24)9-14(18)25-19(26)27/h5-9,15H,4,10H2,1-3H3,(H,25,27)/t15-/m1/s1. The molecule has 0 saturated heterocycles. The third kappa shape index (κ3) is 4.74. The highest BCUT2D eigenvalue weighted by molar-refractivity contribution is 7.90. The lowest BCUT2D eigenvalue weighted by Crippen LogP contribution is -2.28. The summed E-state index contributed by atoms with van der Waals surface area (Å²) in [6.45, 7) is 1.98. The predicted molar refractivity (Wildman–Crippen MR) is 110 cm³/mol. The Kier molecular flexibility index (Phi) is 6.27. The van der Waals surface area contributed by atoms with Crippen molar-refractivity contribution in [2.75, 3.05) is 25.7 Å². The molecule has 0 saturated carbocycles. The average molecular weight is 476 g/mol. The first-order valence-electron chi connectivity index (χ1n) is 9.35. The van der Waals surface area contributed by atoms with E-state index < -0.39 is 55.9 Å². The largest absolute Gasteiger partial charge is 0.493 e. The highest BCUT2D eigenvalue weighted by Gasteiger charge is 2.33. The van der Waals surface area contributed by atoms with Gasteiger partial charge in [-0.3, -0.25) is 4.57 Å². The van der Waals surface area contributed by atoms with Crippen LogP contribution in [0.5, 0.6) is 11.5 Å². The quantitative estimate of drug-likeness (QED) is 0.527.